The number of pyridine rings is 1. The molecule has 1 atom stereocenters. The van der Waals surface area contributed by atoms with Gasteiger partial charge in [-0.3, -0.25) is 4.98 Å². The van der Waals surface area contributed by atoms with Crippen LogP contribution >= 0.6 is 12.4 Å². The normalized spacial score (nSPS) is 21.1. The summed E-state index contributed by atoms with van der Waals surface area (Å²) in [6, 6.07) is 9.19. The zero-order chi connectivity index (χ0) is 18.7. The Bertz CT molecular complexity index is 875. The van der Waals surface area contributed by atoms with Crippen LogP contribution in [-0.4, -0.2) is 67.9 Å². The Hall–Kier alpha value is -1.25. The van der Waals surface area contributed by atoms with Gasteiger partial charge in [-0.15, -0.1) is 12.4 Å². The monoisotopic (exact) mass is 424 g/mol. The molecule has 28 heavy (non-hydrogen) atoms. The summed E-state index contributed by atoms with van der Waals surface area (Å²) < 4.78 is 29.0. The number of benzene rings is 1. The molecule has 1 N–H and O–H groups in total. The van der Waals surface area contributed by atoms with E-state index in [2.05, 4.69) is 15.2 Å². The van der Waals surface area contributed by atoms with Crippen molar-refractivity contribution in [2.75, 3.05) is 39.3 Å². The number of halogens is 1. The summed E-state index contributed by atoms with van der Waals surface area (Å²) >= 11 is 0. The summed E-state index contributed by atoms with van der Waals surface area (Å²) in [5.74, 6) is 0. The molecule has 1 aromatic heterocycles. The Morgan fingerprint density at radius 1 is 1.14 bits per heavy atom. The second kappa shape index (κ2) is 9.50. The number of likely N-dealkylation sites (tertiary alicyclic amines) is 1. The van der Waals surface area contributed by atoms with Crippen molar-refractivity contribution in [2.45, 2.75) is 36.6 Å². The fraction of sp³-hybridized carbons (Fsp3) is 0.550. The largest absolute Gasteiger partial charge is 0.315 e. The number of nitrogens with one attached hydrogen (secondary N) is 1. The predicted octanol–water partition coefficient (Wildman–Crippen LogP) is 2.50. The molecule has 2 aliphatic heterocycles. The molecule has 154 valence electrons. The smallest absolute Gasteiger partial charge is 0.245 e. The van der Waals surface area contributed by atoms with Gasteiger partial charge >= 0.3 is 0 Å². The van der Waals surface area contributed by atoms with Crippen molar-refractivity contribution >= 4 is 33.3 Å². The first-order valence-corrected chi connectivity index (χ1v) is 11.4. The third-order valence-corrected chi connectivity index (χ3v) is 7.69. The molecule has 0 radical (unpaired) electrons. The number of hydrogen-bond acceptors (Lipinski definition) is 5. The summed E-state index contributed by atoms with van der Waals surface area (Å²) in [7, 11) is -3.61. The molecule has 0 spiro atoms. The number of fused-ring (bicyclic) bond motifs is 1. The van der Waals surface area contributed by atoms with Gasteiger partial charge in [0.25, 0.3) is 0 Å². The molecule has 6 nitrogen and oxygen atoms in total. The number of para-hydroxylation sites is 1. The molecular weight excluding hydrogens is 396 g/mol. The molecule has 3 heterocycles. The average molecular weight is 425 g/mol. The van der Waals surface area contributed by atoms with E-state index in [1.807, 2.05) is 24.3 Å². The highest BCUT2D eigenvalue weighted by Gasteiger charge is 2.34. The first-order chi connectivity index (χ1) is 13.2. The highest BCUT2D eigenvalue weighted by atomic mass is 35.5. The van der Waals surface area contributed by atoms with Crippen molar-refractivity contribution in [3.8, 4) is 0 Å². The summed E-state index contributed by atoms with van der Waals surface area (Å²) in [5, 5.41) is 4.18. The molecule has 2 aromatic rings. The fourth-order valence-corrected chi connectivity index (χ4v) is 6.03. The molecule has 0 saturated carbocycles. The number of hydrogen-bond donors (Lipinski definition) is 1. The molecule has 0 aliphatic carbocycles. The van der Waals surface area contributed by atoms with E-state index in [9.17, 15) is 8.42 Å². The van der Waals surface area contributed by atoms with Crippen molar-refractivity contribution in [3.05, 3.63) is 36.5 Å². The molecule has 0 bridgehead atoms. The van der Waals surface area contributed by atoms with E-state index in [1.54, 1.807) is 16.6 Å². The lowest BCUT2D eigenvalue weighted by Crippen LogP contribution is -2.46. The maximum Gasteiger partial charge on any atom is 0.245 e. The molecule has 1 aromatic carbocycles. The van der Waals surface area contributed by atoms with Gasteiger partial charge in [0.1, 0.15) is 4.90 Å². The van der Waals surface area contributed by atoms with Gasteiger partial charge in [-0.1, -0.05) is 24.6 Å². The zero-order valence-corrected chi connectivity index (χ0v) is 17.7. The number of sulfonamides is 1. The first-order valence-electron chi connectivity index (χ1n) is 9.95. The third kappa shape index (κ3) is 4.49. The Labute approximate surface area is 173 Å². The molecule has 0 amide bonds. The summed E-state index contributed by atoms with van der Waals surface area (Å²) in [4.78, 5) is 7.10. The minimum Gasteiger partial charge on any atom is -0.315 e. The van der Waals surface area contributed by atoms with Crippen molar-refractivity contribution < 1.29 is 8.42 Å². The van der Waals surface area contributed by atoms with E-state index in [-0.39, 0.29) is 18.4 Å². The van der Waals surface area contributed by atoms with Gasteiger partial charge < -0.3 is 10.2 Å². The number of aromatic nitrogens is 1. The van der Waals surface area contributed by atoms with Crippen LogP contribution in [0.1, 0.15) is 25.7 Å². The van der Waals surface area contributed by atoms with Crippen LogP contribution in [0.15, 0.2) is 41.4 Å². The molecule has 2 saturated heterocycles. The van der Waals surface area contributed by atoms with E-state index in [0.29, 0.717) is 17.0 Å². The topological polar surface area (TPSA) is 65.5 Å². The van der Waals surface area contributed by atoms with Crippen molar-refractivity contribution in [1.82, 2.24) is 19.5 Å². The van der Waals surface area contributed by atoms with Crippen LogP contribution in [0.3, 0.4) is 0 Å². The third-order valence-electron chi connectivity index (χ3n) is 5.71. The Morgan fingerprint density at radius 2 is 1.93 bits per heavy atom. The maximum atomic E-state index is 13.6. The Morgan fingerprint density at radius 3 is 2.68 bits per heavy atom. The molecule has 4 rings (SSSR count). The van der Waals surface area contributed by atoms with Crippen LogP contribution in [0.25, 0.3) is 10.9 Å². The van der Waals surface area contributed by atoms with Gasteiger partial charge in [0.15, 0.2) is 0 Å². The fourth-order valence-electron chi connectivity index (χ4n) is 4.22. The Balaban J connectivity index is 0.00000225. The highest BCUT2D eigenvalue weighted by molar-refractivity contribution is 7.89. The summed E-state index contributed by atoms with van der Waals surface area (Å²) in [5.41, 5.74) is 0.564. The zero-order valence-electron chi connectivity index (χ0n) is 16.1. The lowest BCUT2D eigenvalue weighted by molar-refractivity contribution is 0.202. The molecule has 8 heteroatoms. The van der Waals surface area contributed by atoms with Crippen molar-refractivity contribution in [1.29, 1.82) is 0 Å². The second-order valence-corrected chi connectivity index (χ2v) is 9.35. The number of rotatable bonds is 6. The van der Waals surface area contributed by atoms with Gasteiger partial charge in [0, 0.05) is 37.3 Å². The first kappa shape index (κ1) is 21.5. The second-order valence-electron chi connectivity index (χ2n) is 7.50. The minimum atomic E-state index is -3.61. The SMILES string of the molecule is Cl.O=S(=O)(c1cccc2cccnc12)N(CCN1CCCCC1)C1CCNC1. The van der Waals surface area contributed by atoms with Gasteiger partial charge in [-0.2, -0.15) is 4.31 Å². The van der Waals surface area contributed by atoms with Gasteiger partial charge in [0.2, 0.25) is 10.0 Å². The standard InChI is InChI=1S/C20H28N4O2S.ClH/c25-27(26,19-8-4-6-17-7-5-10-22-20(17)19)24(18-9-11-21-16-18)15-14-23-12-2-1-3-13-23;/h4-8,10,18,21H,1-3,9,11-16H2;1H. The maximum absolute atomic E-state index is 13.6. The van der Waals surface area contributed by atoms with E-state index >= 15 is 0 Å². The average Bonchev–Trinajstić information content (AvgIpc) is 3.22. The van der Waals surface area contributed by atoms with Crippen LogP contribution in [-0.2, 0) is 10.0 Å². The van der Waals surface area contributed by atoms with Crippen molar-refractivity contribution in [2.24, 2.45) is 0 Å². The number of piperidine rings is 1. The summed E-state index contributed by atoms with van der Waals surface area (Å²) in [6.07, 6.45) is 6.23. The van der Waals surface area contributed by atoms with Crippen LogP contribution in [0, 0.1) is 0 Å². The number of nitrogens with zero attached hydrogens (tertiary/aromatic N) is 3. The van der Waals surface area contributed by atoms with Gasteiger partial charge in [0.05, 0.1) is 5.52 Å². The molecule has 2 fully saturated rings. The highest BCUT2D eigenvalue weighted by Crippen LogP contribution is 2.27. The molecule has 1 unspecified atom stereocenters. The summed E-state index contributed by atoms with van der Waals surface area (Å²) in [6.45, 7) is 5.08. The molecular formula is C20H29ClN4O2S. The van der Waals surface area contributed by atoms with Crippen LogP contribution in [0.4, 0.5) is 0 Å². The lowest BCUT2D eigenvalue weighted by Gasteiger charge is -2.32. The predicted molar refractivity (Wildman–Crippen MR) is 114 cm³/mol. The van der Waals surface area contributed by atoms with E-state index < -0.39 is 10.0 Å². The Kier molecular flexibility index (Phi) is 7.28. The lowest BCUT2D eigenvalue weighted by atomic mass is 10.1. The van der Waals surface area contributed by atoms with Crippen LogP contribution in [0.2, 0.25) is 0 Å². The van der Waals surface area contributed by atoms with Crippen molar-refractivity contribution in [3.63, 3.8) is 0 Å². The molecule has 2 aliphatic rings. The van der Waals surface area contributed by atoms with Gasteiger partial charge in [-0.25, -0.2) is 8.42 Å². The van der Waals surface area contributed by atoms with E-state index in [0.717, 1.165) is 44.5 Å². The van der Waals surface area contributed by atoms with Crippen LogP contribution < -0.4 is 5.32 Å². The van der Waals surface area contributed by atoms with Gasteiger partial charge in [-0.05, 0) is 51.0 Å². The van der Waals surface area contributed by atoms with Crippen LogP contribution in [0.5, 0.6) is 0 Å². The minimum absolute atomic E-state index is 0. The van der Waals surface area contributed by atoms with E-state index in [4.69, 9.17) is 0 Å². The quantitative estimate of drug-likeness (QED) is 0.771. The van der Waals surface area contributed by atoms with E-state index in [1.165, 1.54) is 19.3 Å².